The number of anilines is 1. The van der Waals surface area contributed by atoms with E-state index in [1.54, 1.807) is 6.07 Å². The molecule has 0 bridgehead atoms. The van der Waals surface area contributed by atoms with Gasteiger partial charge < -0.3 is 20.4 Å². The van der Waals surface area contributed by atoms with Crippen LogP contribution in [-0.2, 0) is 22.6 Å². The van der Waals surface area contributed by atoms with Crippen LogP contribution in [0.2, 0.25) is 5.02 Å². The van der Waals surface area contributed by atoms with Crippen molar-refractivity contribution in [1.29, 1.82) is 0 Å². The first-order valence-corrected chi connectivity index (χ1v) is 12.4. The fourth-order valence-electron chi connectivity index (χ4n) is 4.77. The summed E-state index contributed by atoms with van der Waals surface area (Å²) >= 11 is 6.15. The Morgan fingerprint density at radius 2 is 1.71 bits per heavy atom. The van der Waals surface area contributed by atoms with Gasteiger partial charge in [-0.25, -0.2) is 0 Å². The molecule has 2 heterocycles. The minimum atomic E-state index is -0.649. The molecular formula is C26H34ClN5O2. The first-order valence-electron chi connectivity index (χ1n) is 12.0. The molecule has 2 aliphatic heterocycles. The van der Waals surface area contributed by atoms with Gasteiger partial charge >= 0.3 is 11.8 Å². The molecule has 0 radical (unpaired) electrons. The van der Waals surface area contributed by atoms with Gasteiger partial charge in [0.05, 0.1) is 6.04 Å². The normalized spacial score (nSPS) is 17.7. The van der Waals surface area contributed by atoms with Crippen LogP contribution in [0.5, 0.6) is 0 Å². The van der Waals surface area contributed by atoms with Crippen molar-refractivity contribution in [2.75, 3.05) is 58.3 Å². The van der Waals surface area contributed by atoms with Crippen LogP contribution in [0.1, 0.15) is 29.2 Å². The Hall–Kier alpha value is -2.61. The van der Waals surface area contributed by atoms with Crippen molar-refractivity contribution in [2.24, 2.45) is 0 Å². The Morgan fingerprint density at radius 1 is 0.971 bits per heavy atom. The number of aryl methyl sites for hydroxylation is 1. The fourth-order valence-corrected chi connectivity index (χ4v) is 4.97. The summed E-state index contributed by atoms with van der Waals surface area (Å²) in [4.78, 5) is 32.1. The van der Waals surface area contributed by atoms with Gasteiger partial charge in [-0.3, -0.25) is 14.5 Å². The summed E-state index contributed by atoms with van der Waals surface area (Å²) in [7, 11) is 4.27. The topological polar surface area (TPSA) is 67.9 Å². The number of hydrogen-bond acceptors (Lipinski definition) is 5. The largest absolute Gasteiger partial charge is 0.374 e. The van der Waals surface area contributed by atoms with E-state index in [9.17, 15) is 9.59 Å². The number of amides is 2. The highest BCUT2D eigenvalue weighted by Crippen LogP contribution is 2.31. The second kappa shape index (κ2) is 11.2. The molecule has 0 unspecified atom stereocenters. The number of nitrogens with zero attached hydrogens (tertiary/aromatic N) is 3. The Labute approximate surface area is 207 Å². The van der Waals surface area contributed by atoms with Crippen LogP contribution in [-0.4, -0.2) is 75.0 Å². The molecule has 2 aromatic rings. The molecule has 1 saturated heterocycles. The van der Waals surface area contributed by atoms with Crippen molar-refractivity contribution >= 4 is 29.1 Å². The number of likely N-dealkylation sites (N-methyl/N-ethyl adjacent to an activating group) is 1. The summed E-state index contributed by atoms with van der Waals surface area (Å²) < 4.78 is 0. The number of fused-ring (bicyclic) bond motifs is 1. The minimum absolute atomic E-state index is 0.0200. The monoisotopic (exact) mass is 483 g/mol. The lowest BCUT2D eigenvalue weighted by molar-refractivity contribution is -0.139. The minimum Gasteiger partial charge on any atom is -0.374 e. The molecular weight excluding hydrogens is 450 g/mol. The number of benzene rings is 2. The predicted octanol–water partition coefficient (Wildman–Crippen LogP) is 2.44. The smallest absolute Gasteiger partial charge is 0.309 e. The standard InChI is InChI=1S/C26H34ClN5O2/c1-30-12-14-32(15-13-30)24(20-9-10-23-19(16-20)7-5-11-31(23)2)18-29-26(34)25(33)28-17-21-6-3-4-8-22(21)27/h3-4,6,8-10,16,24H,5,7,11-15,17-18H2,1-2H3,(H,28,33)(H,29,34)/t24-/m1/s1. The Kier molecular flexibility index (Phi) is 8.08. The van der Waals surface area contributed by atoms with Crippen LogP contribution in [0, 0.1) is 0 Å². The number of carbonyl (C=O) groups excluding carboxylic acids is 2. The number of hydrogen-bond donors (Lipinski definition) is 2. The van der Waals surface area contributed by atoms with Gasteiger partial charge in [0, 0.05) is 63.6 Å². The van der Waals surface area contributed by atoms with E-state index in [1.165, 1.54) is 16.8 Å². The van der Waals surface area contributed by atoms with E-state index >= 15 is 0 Å². The second-order valence-corrected chi connectivity index (χ2v) is 9.66. The maximum absolute atomic E-state index is 12.6. The quantitative estimate of drug-likeness (QED) is 0.618. The summed E-state index contributed by atoms with van der Waals surface area (Å²) in [6.07, 6.45) is 2.22. The summed E-state index contributed by atoms with van der Waals surface area (Å²) in [6.45, 7) is 5.49. The number of halogens is 1. The average Bonchev–Trinajstić information content (AvgIpc) is 2.84. The molecule has 182 valence electrons. The third-order valence-corrected chi connectivity index (χ3v) is 7.25. The molecule has 1 fully saturated rings. The Balaban J connectivity index is 1.43. The highest BCUT2D eigenvalue weighted by Gasteiger charge is 2.27. The maximum atomic E-state index is 12.6. The van der Waals surface area contributed by atoms with E-state index in [4.69, 9.17) is 11.6 Å². The van der Waals surface area contributed by atoms with Gasteiger partial charge in [0.15, 0.2) is 0 Å². The van der Waals surface area contributed by atoms with Gasteiger partial charge in [0.2, 0.25) is 0 Å². The molecule has 8 heteroatoms. The van der Waals surface area contributed by atoms with Gasteiger partial charge in [-0.15, -0.1) is 0 Å². The molecule has 2 amide bonds. The van der Waals surface area contributed by atoms with Crippen LogP contribution < -0.4 is 15.5 Å². The van der Waals surface area contributed by atoms with E-state index in [0.717, 1.165) is 51.1 Å². The lowest BCUT2D eigenvalue weighted by atomic mass is 9.95. The molecule has 0 aromatic heterocycles. The lowest BCUT2D eigenvalue weighted by Crippen LogP contribution is -2.49. The highest BCUT2D eigenvalue weighted by molar-refractivity contribution is 6.35. The number of rotatable bonds is 6. The SMILES string of the molecule is CN1CCN([C@H](CNC(=O)C(=O)NCc2ccccc2Cl)c2ccc3c(c2)CCCN3C)CC1. The van der Waals surface area contributed by atoms with E-state index < -0.39 is 11.8 Å². The molecule has 0 aliphatic carbocycles. The zero-order valence-corrected chi connectivity index (χ0v) is 20.8. The van der Waals surface area contributed by atoms with E-state index in [0.29, 0.717) is 11.6 Å². The van der Waals surface area contributed by atoms with Crippen molar-refractivity contribution < 1.29 is 9.59 Å². The van der Waals surface area contributed by atoms with Crippen LogP contribution in [0.3, 0.4) is 0 Å². The zero-order chi connectivity index (χ0) is 24.1. The average molecular weight is 484 g/mol. The lowest BCUT2D eigenvalue weighted by Gasteiger charge is -2.39. The van der Waals surface area contributed by atoms with Crippen molar-refractivity contribution in [3.05, 3.63) is 64.2 Å². The van der Waals surface area contributed by atoms with E-state index in [-0.39, 0.29) is 12.6 Å². The van der Waals surface area contributed by atoms with E-state index in [1.807, 2.05) is 18.2 Å². The van der Waals surface area contributed by atoms with Crippen LogP contribution in [0.15, 0.2) is 42.5 Å². The van der Waals surface area contributed by atoms with Crippen molar-refractivity contribution in [2.45, 2.75) is 25.4 Å². The first kappa shape index (κ1) is 24.5. The molecule has 4 rings (SSSR count). The zero-order valence-electron chi connectivity index (χ0n) is 20.0. The molecule has 2 N–H and O–H groups in total. The van der Waals surface area contributed by atoms with Gasteiger partial charge in [-0.05, 0) is 48.7 Å². The summed E-state index contributed by atoms with van der Waals surface area (Å²) in [6, 6.07) is 14.0. The highest BCUT2D eigenvalue weighted by atomic mass is 35.5. The first-order chi connectivity index (χ1) is 16.4. The van der Waals surface area contributed by atoms with Crippen molar-refractivity contribution in [3.8, 4) is 0 Å². The third kappa shape index (κ3) is 5.90. The van der Waals surface area contributed by atoms with E-state index in [2.05, 4.69) is 57.6 Å². The molecule has 7 nitrogen and oxygen atoms in total. The maximum Gasteiger partial charge on any atom is 0.309 e. The summed E-state index contributed by atoms with van der Waals surface area (Å²) in [5.41, 5.74) is 4.61. The summed E-state index contributed by atoms with van der Waals surface area (Å²) in [5.74, 6) is -1.27. The number of carbonyl (C=O) groups is 2. The fraction of sp³-hybridized carbons (Fsp3) is 0.462. The van der Waals surface area contributed by atoms with Crippen LogP contribution in [0.25, 0.3) is 0 Å². The molecule has 2 aromatic carbocycles. The number of piperazine rings is 1. The number of nitrogens with one attached hydrogen (secondary N) is 2. The van der Waals surface area contributed by atoms with Gasteiger partial charge in [-0.2, -0.15) is 0 Å². The van der Waals surface area contributed by atoms with Crippen LogP contribution >= 0.6 is 11.6 Å². The van der Waals surface area contributed by atoms with Crippen molar-refractivity contribution in [1.82, 2.24) is 20.4 Å². The summed E-state index contributed by atoms with van der Waals surface area (Å²) in [5, 5.41) is 6.12. The molecule has 0 saturated carbocycles. The van der Waals surface area contributed by atoms with Crippen LogP contribution in [0.4, 0.5) is 5.69 Å². The molecule has 2 aliphatic rings. The molecule has 0 spiro atoms. The Bertz CT molecular complexity index is 1020. The third-order valence-electron chi connectivity index (χ3n) is 6.88. The van der Waals surface area contributed by atoms with Crippen molar-refractivity contribution in [3.63, 3.8) is 0 Å². The van der Waals surface area contributed by atoms with Gasteiger partial charge in [0.1, 0.15) is 0 Å². The Morgan fingerprint density at radius 3 is 2.47 bits per heavy atom. The second-order valence-electron chi connectivity index (χ2n) is 9.25. The van der Waals surface area contributed by atoms with Gasteiger partial charge in [-0.1, -0.05) is 41.9 Å². The molecule has 34 heavy (non-hydrogen) atoms. The predicted molar refractivity (Wildman–Crippen MR) is 136 cm³/mol. The molecule has 1 atom stereocenters. The van der Waals surface area contributed by atoms with Gasteiger partial charge in [0.25, 0.3) is 0 Å².